The van der Waals surface area contributed by atoms with Gasteiger partial charge in [-0.1, -0.05) is 24.8 Å². The SMILES string of the molecule is C=CC(=O)N(CC1(n2nc(-c3ccc(OC)c(O)c3)c3c(N)ncnc32)CC1)c1ccccc1. The van der Waals surface area contributed by atoms with Gasteiger partial charge in [-0.2, -0.15) is 5.10 Å². The number of fused-ring (bicyclic) bond motifs is 1. The fourth-order valence-electron chi connectivity index (χ4n) is 4.23. The van der Waals surface area contributed by atoms with Crippen LogP contribution in [0.25, 0.3) is 22.3 Å². The summed E-state index contributed by atoms with van der Waals surface area (Å²) in [5, 5.41) is 15.8. The quantitative estimate of drug-likeness (QED) is 0.409. The Kier molecular flexibility index (Phi) is 5.16. The van der Waals surface area contributed by atoms with Crippen molar-refractivity contribution in [1.82, 2.24) is 19.7 Å². The highest BCUT2D eigenvalue weighted by molar-refractivity contribution is 6.01. The number of carbonyl (C=O) groups excluding carboxylic acids is 1. The van der Waals surface area contributed by atoms with E-state index in [4.69, 9.17) is 15.6 Å². The first kappa shape index (κ1) is 21.4. The molecule has 0 saturated heterocycles. The lowest BCUT2D eigenvalue weighted by molar-refractivity contribution is -0.114. The second-order valence-electron chi connectivity index (χ2n) is 8.29. The van der Waals surface area contributed by atoms with Gasteiger partial charge < -0.3 is 20.5 Å². The predicted octanol–water partition coefficient (Wildman–Crippen LogP) is 3.50. The van der Waals surface area contributed by atoms with E-state index in [0.29, 0.717) is 40.4 Å². The Hall–Kier alpha value is -4.40. The van der Waals surface area contributed by atoms with Crippen LogP contribution in [0.3, 0.4) is 0 Å². The Morgan fingerprint density at radius 1 is 1.26 bits per heavy atom. The minimum Gasteiger partial charge on any atom is -0.504 e. The van der Waals surface area contributed by atoms with Crippen LogP contribution in [0.1, 0.15) is 12.8 Å². The molecule has 2 aromatic carbocycles. The standard InChI is InChI=1S/C25H24N6O3/c1-3-20(33)30(17-7-5-4-6-8-17)14-25(11-12-25)31-24-21(23(26)27-15-28-24)22(29-31)16-9-10-19(34-2)18(32)13-16/h3-10,13,15,32H,1,11-12,14H2,2H3,(H2,26,27,28). The lowest BCUT2D eigenvalue weighted by Gasteiger charge is -2.27. The highest BCUT2D eigenvalue weighted by atomic mass is 16.5. The fourth-order valence-corrected chi connectivity index (χ4v) is 4.23. The summed E-state index contributed by atoms with van der Waals surface area (Å²) in [5.74, 6) is 0.450. The molecule has 0 bridgehead atoms. The summed E-state index contributed by atoms with van der Waals surface area (Å²) in [6.07, 6.45) is 4.35. The lowest BCUT2D eigenvalue weighted by Crippen LogP contribution is -2.39. The molecule has 34 heavy (non-hydrogen) atoms. The van der Waals surface area contributed by atoms with Crippen molar-refractivity contribution in [3.8, 4) is 22.8 Å². The first-order valence-corrected chi connectivity index (χ1v) is 10.8. The van der Waals surface area contributed by atoms with Gasteiger partial charge in [0.2, 0.25) is 5.91 Å². The number of carbonyl (C=O) groups is 1. The molecule has 9 nitrogen and oxygen atoms in total. The molecule has 0 unspecified atom stereocenters. The number of aromatic nitrogens is 4. The number of hydrogen-bond donors (Lipinski definition) is 2. The van der Waals surface area contributed by atoms with E-state index in [2.05, 4.69) is 16.5 Å². The molecule has 0 aliphatic heterocycles. The van der Waals surface area contributed by atoms with Crippen molar-refractivity contribution < 1.29 is 14.6 Å². The number of para-hydroxylation sites is 1. The Balaban J connectivity index is 1.63. The van der Waals surface area contributed by atoms with Crippen LogP contribution in [0.4, 0.5) is 11.5 Å². The van der Waals surface area contributed by atoms with Gasteiger partial charge in [0.15, 0.2) is 17.1 Å². The molecule has 9 heteroatoms. The van der Waals surface area contributed by atoms with Crippen LogP contribution in [0.5, 0.6) is 11.5 Å². The summed E-state index contributed by atoms with van der Waals surface area (Å²) in [4.78, 5) is 23.1. The molecular weight excluding hydrogens is 432 g/mol. The Morgan fingerprint density at radius 2 is 2.03 bits per heavy atom. The highest BCUT2D eigenvalue weighted by Gasteiger charge is 2.49. The molecular formula is C25H24N6O3. The normalized spacial score (nSPS) is 14.0. The first-order valence-electron chi connectivity index (χ1n) is 10.8. The number of aromatic hydroxyl groups is 1. The predicted molar refractivity (Wildman–Crippen MR) is 130 cm³/mol. The zero-order valence-corrected chi connectivity index (χ0v) is 18.7. The van der Waals surface area contributed by atoms with Crippen molar-refractivity contribution in [2.24, 2.45) is 0 Å². The first-order chi connectivity index (χ1) is 16.5. The van der Waals surface area contributed by atoms with E-state index in [1.165, 1.54) is 19.5 Å². The van der Waals surface area contributed by atoms with E-state index >= 15 is 0 Å². The molecule has 5 rings (SSSR count). The van der Waals surface area contributed by atoms with Crippen molar-refractivity contribution in [3.05, 3.63) is 67.5 Å². The van der Waals surface area contributed by atoms with Crippen LogP contribution in [-0.4, -0.2) is 44.4 Å². The van der Waals surface area contributed by atoms with Gasteiger partial charge in [-0.05, 0) is 49.2 Å². The number of phenols is 1. The van der Waals surface area contributed by atoms with E-state index in [-0.39, 0.29) is 11.7 Å². The number of nitrogens with zero attached hydrogens (tertiary/aromatic N) is 5. The number of hydrogen-bond acceptors (Lipinski definition) is 7. The third kappa shape index (κ3) is 3.51. The molecule has 1 fully saturated rings. The molecule has 2 aromatic heterocycles. The second kappa shape index (κ2) is 8.18. The molecule has 1 aliphatic carbocycles. The van der Waals surface area contributed by atoms with Crippen LogP contribution in [0.15, 0.2) is 67.5 Å². The zero-order chi connectivity index (χ0) is 23.9. The van der Waals surface area contributed by atoms with Crippen LogP contribution >= 0.6 is 0 Å². The Labute approximate surface area is 196 Å². The Bertz CT molecular complexity index is 1390. The Morgan fingerprint density at radius 3 is 2.68 bits per heavy atom. The number of rotatable bonds is 7. The van der Waals surface area contributed by atoms with Crippen LogP contribution in [-0.2, 0) is 10.3 Å². The summed E-state index contributed by atoms with van der Waals surface area (Å²) in [6, 6.07) is 14.5. The fraction of sp³-hybridized carbons (Fsp3) is 0.200. The lowest BCUT2D eigenvalue weighted by atomic mass is 10.1. The van der Waals surface area contributed by atoms with Crippen LogP contribution in [0, 0.1) is 0 Å². The minimum atomic E-state index is -0.458. The van der Waals surface area contributed by atoms with Gasteiger partial charge in [0.05, 0.1) is 24.6 Å². The molecule has 1 amide bonds. The summed E-state index contributed by atoms with van der Waals surface area (Å²) in [7, 11) is 1.49. The topological polar surface area (TPSA) is 119 Å². The van der Waals surface area contributed by atoms with Gasteiger partial charge in [-0.3, -0.25) is 4.79 Å². The largest absolute Gasteiger partial charge is 0.504 e. The molecule has 0 spiro atoms. The monoisotopic (exact) mass is 456 g/mol. The van der Waals surface area contributed by atoms with Crippen LogP contribution in [0.2, 0.25) is 0 Å². The molecule has 3 N–H and O–H groups in total. The highest BCUT2D eigenvalue weighted by Crippen LogP contribution is 2.47. The second-order valence-corrected chi connectivity index (χ2v) is 8.29. The maximum absolute atomic E-state index is 12.8. The van der Waals surface area contributed by atoms with E-state index in [1.54, 1.807) is 23.1 Å². The van der Waals surface area contributed by atoms with Gasteiger partial charge >= 0.3 is 0 Å². The molecule has 4 aromatic rings. The third-order valence-electron chi connectivity index (χ3n) is 6.18. The number of methoxy groups -OCH3 is 1. The van der Waals surface area contributed by atoms with E-state index in [9.17, 15) is 9.90 Å². The summed E-state index contributed by atoms with van der Waals surface area (Å²) < 4.78 is 7.02. The number of nitrogen functional groups attached to an aromatic ring is 1. The molecule has 172 valence electrons. The summed E-state index contributed by atoms with van der Waals surface area (Å²) in [6.45, 7) is 4.07. The number of amides is 1. The third-order valence-corrected chi connectivity index (χ3v) is 6.18. The van der Waals surface area contributed by atoms with Gasteiger partial charge in [-0.25, -0.2) is 14.6 Å². The van der Waals surface area contributed by atoms with E-state index in [0.717, 1.165) is 18.5 Å². The van der Waals surface area contributed by atoms with Gasteiger partial charge in [-0.15, -0.1) is 0 Å². The number of phenolic OH excluding ortho intramolecular Hbond substituents is 1. The molecule has 0 radical (unpaired) electrons. The maximum atomic E-state index is 12.8. The van der Waals surface area contributed by atoms with E-state index in [1.807, 2.05) is 35.0 Å². The maximum Gasteiger partial charge on any atom is 0.250 e. The number of nitrogens with two attached hydrogens (primary N) is 1. The van der Waals surface area contributed by atoms with Crippen LogP contribution < -0.4 is 15.4 Å². The van der Waals surface area contributed by atoms with Crippen molar-refractivity contribution in [2.75, 3.05) is 24.3 Å². The molecule has 2 heterocycles. The summed E-state index contributed by atoms with van der Waals surface area (Å²) in [5.41, 5.74) is 8.37. The van der Waals surface area contributed by atoms with Gasteiger partial charge in [0, 0.05) is 11.3 Å². The van der Waals surface area contributed by atoms with Crippen molar-refractivity contribution in [3.63, 3.8) is 0 Å². The van der Waals surface area contributed by atoms with E-state index < -0.39 is 5.54 Å². The zero-order valence-electron chi connectivity index (χ0n) is 18.7. The smallest absolute Gasteiger partial charge is 0.250 e. The average molecular weight is 457 g/mol. The van der Waals surface area contributed by atoms with Crippen molar-refractivity contribution in [2.45, 2.75) is 18.4 Å². The minimum absolute atomic E-state index is 0.00825. The number of anilines is 2. The van der Waals surface area contributed by atoms with Gasteiger partial charge in [0.1, 0.15) is 17.8 Å². The summed E-state index contributed by atoms with van der Waals surface area (Å²) >= 11 is 0. The molecule has 1 aliphatic rings. The van der Waals surface area contributed by atoms with Crippen molar-refractivity contribution in [1.29, 1.82) is 0 Å². The number of benzene rings is 2. The average Bonchev–Trinajstić information content (AvgIpc) is 3.53. The van der Waals surface area contributed by atoms with Gasteiger partial charge in [0.25, 0.3) is 0 Å². The number of ether oxygens (including phenoxy) is 1. The van der Waals surface area contributed by atoms with Crippen molar-refractivity contribution >= 4 is 28.4 Å². The molecule has 0 atom stereocenters. The molecule has 1 saturated carbocycles.